The number of rotatable bonds is 7. The van der Waals surface area contributed by atoms with Gasteiger partial charge in [-0.05, 0) is 19.1 Å². The first-order valence-corrected chi connectivity index (χ1v) is 8.09. The van der Waals surface area contributed by atoms with Crippen LogP contribution in [0.5, 0.6) is 5.75 Å². The molecule has 6 nitrogen and oxygen atoms in total. The lowest BCUT2D eigenvalue weighted by molar-refractivity contribution is -0.0506. The van der Waals surface area contributed by atoms with Gasteiger partial charge in [-0.1, -0.05) is 6.07 Å². The first kappa shape index (κ1) is 23.1. The van der Waals surface area contributed by atoms with Crippen LogP contribution >= 0.6 is 24.0 Å². The van der Waals surface area contributed by atoms with Gasteiger partial charge < -0.3 is 15.0 Å². The van der Waals surface area contributed by atoms with E-state index >= 15 is 0 Å². The van der Waals surface area contributed by atoms with E-state index in [1.54, 1.807) is 10.9 Å². The summed E-state index contributed by atoms with van der Waals surface area (Å²) in [5.74, 6) is -0.338. The Labute approximate surface area is 173 Å². The van der Waals surface area contributed by atoms with Crippen molar-refractivity contribution >= 4 is 29.9 Å². The van der Waals surface area contributed by atoms with E-state index in [4.69, 9.17) is 0 Å². The Bertz CT molecular complexity index is 754. The van der Waals surface area contributed by atoms with Gasteiger partial charge in [0.2, 0.25) is 0 Å². The standard InChI is InChI=1S/C17H22F3N5O.HI/c1-4-21-17(24(2)10-12-8-23-25(3)11-12)22-9-13-14(18)6-5-7-15(13)26-16(19)20;/h5-8,11,16H,4,9-10H2,1-3H3,(H,21,22);1H. The van der Waals surface area contributed by atoms with Gasteiger partial charge in [-0.25, -0.2) is 9.38 Å². The zero-order valence-corrected chi connectivity index (χ0v) is 17.7. The number of guanidine groups is 1. The second-order valence-corrected chi connectivity index (χ2v) is 5.64. The number of aliphatic imine (C=N–C) groups is 1. The number of hydrogen-bond acceptors (Lipinski definition) is 3. The van der Waals surface area contributed by atoms with E-state index < -0.39 is 12.4 Å². The van der Waals surface area contributed by atoms with Crippen molar-refractivity contribution in [3.8, 4) is 5.75 Å². The zero-order chi connectivity index (χ0) is 19.1. The Morgan fingerprint density at radius 3 is 2.74 bits per heavy atom. The van der Waals surface area contributed by atoms with Gasteiger partial charge in [0.05, 0.1) is 18.3 Å². The maximum Gasteiger partial charge on any atom is 0.387 e. The van der Waals surface area contributed by atoms with Crippen molar-refractivity contribution < 1.29 is 17.9 Å². The molecule has 2 rings (SSSR count). The summed E-state index contributed by atoms with van der Waals surface area (Å²) in [6, 6.07) is 3.81. The highest BCUT2D eigenvalue weighted by molar-refractivity contribution is 14.0. The van der Waals surface area contributed by atoms with E-state index in [0.717, 1.165) is 5.56 Å². The number of nitrogens with one attached hydrogen (secondary N) is 1. The van der Waals surface area contributed by atoms with Crippen LogP contribution in [0, 0.1) is 5.82 Å². The number of nitrogens with zero attached hydrogens (tertiary/aromatic N) is 4. The van der Waals surface area contributed by atoms with Crippen molar-refractivity contribution in [1.82, 2.24) is 20.0 Å². The number of aromatic nitrogens is 2. The van der Waals surface area contributed by atoms with Crippen molar-refractivity contribution in [1.29, 1.82) is 0 Å². The zero-order valence-electron chi connectivity index (χ0n) is 15.3. The monoisotopic (exact) mass is 497 g/mol. The first-order valence-electron chi connectivity index (χ1n) is 8.09. The number of aryl methyl sites for hydroxylation is 1. The highest BCUT2D eigenvalue weighted by atomic mass is 127. The molecule has 1 N–H and O–H groups in total. The van der Waals surface area contributed by atoms with Crippen molar-refractivity contribution in [3.63, 3.8) is 0 Å². The Morgan fingerprint density at radius 1 is 1.41 bits per heavy atom. The summed E-state index contributed by atoms with van der Waals surface area (Å²) in [6.07, 6.45) is 3.62. The highest BCUT2D eigenvalue weighted by Gasteiger charge is 2.14. The minimum atomic E-state index is -3.03. The van der Waals surface area contributed by atoms with Gasteiger partial charge in [0.25, 0.3) is 0 Å². The van der Waals surface area contributed by atoms with E-state index in [0.29, 0.717) is 19.0 Å². The lowest BCUT2D eigenvalue weighted by Gasteiger charge is -2.21. The molecule has 1 heterocycles. The third kappa shape index (κ3) is 6.92. The summed E-state index contributed by atoms with van der Waals surface area (Å²) in [7, 11) is 3.65. The topological polar surface area (TPSA) is 54.7 Å². The second-order valence-electron chi connectivity index (χ2n) is 5.64. The van der Waals surface area contributed by atoms with Crippen LogP contribution in [0.1, 0.15) is 18.1 Å². The van der Waals surface area contributed by atoms with Crippen LogP contribution in [-0.2, 0) is 20.1 Å². The van der Waals surface area contributed by atoms with Gasteiger partial charge in [0.1, 0.15) is 11.6 Å². The summed E-state index contributed by atoms with van der Waals surface area (Å²) in [5, 5.41) is 7.21. The van der Waals surface area contributed by atoms with Gasteiger partial charge in [-0.2, -0.15) is 13.9 Å². The van der Waals surface area contributed by atoms with Gasteiger partial charge >= 0.3 is 6.61 Å². The predicted octanol–water partition coefficient (Wildman–Crippen LogP) is 3.38. The molecule has 0 atom stereocenters. The van der Waals surface area contributed by atoms with Crippen molar-refractivity contribution in [3.05, 3.63) is 47.5 Å². The molecule has 2 aromatic rings. The molecule has 0 aliphatic heterocycles. The Hall–Kier alpha value is -1.98. The molecule has 10 heteroatoms. The number of hydrogen-bond donors (Lipinski definition) is 1. The molecular formula is C17H23F3IN5O. The Morgan fingerprint density at radius 2 is 2.15 bits per heavy atom. The van der Waals surface area contributed by atoms with Gasteiger partial charge in [-0.15, -0.1) is 24.0 Å². The third-order valence-electron chi connectivity index (χ3n) is 3.55. The molecule has 1 aromatic carbocycles. The van der Waals surface area contributed by atoms with Crippen LogP contribution in [0.3, 0.4) is 0 Å². The third-order valence-corrected chi connectivity index (χ3v) is 3.55. The van der Waals surface area contributed by atoms with E-state index in [1.165, 1.54) is 18.2 Å². The molecule has 0 aliphatic rings. The normalized spacial score (nSPS) is 11.3. The summed E-state index contributed by atoms with van der Waals surface area (Å²) < 4.78 is 45.2. The van der Waals surface area contributed by atoms with Crippen LogP contribution in [0.2, 0.25) is 0 Å². The molecule has 0 spiro atoms. The van der Waals surface area contributed by atoms with E-state index in [9.17, 15) is 13.2 Å². The molecule has 0 bridgehead atoms. The first-order chi connectivity index (χ1) is 12.4. The van der Waals surface area contributed by atoms with Crippen LogP contribution < -0.4 is 10.1 Å². The maximum atomic E-state index is 14.0. The molecule has 0 saturated carbocycles. The van der Waals surface area contributed by atoms with Crippen molar-refractivity contribution in [2.24, 2.45) is 12.0 Å². The smallest absolute Gasteiger partial charge is 0.387 e. The number of benzene rings is 1. The summed E-state index contributed by atoms with van der Waals surface area (Å²) in [4.78, 5) is 6.20. The molecule has 150 valence electrons. The molecule has 0 saturated heterocycles. The molecular weight excluding hydrogens is 474 g/mol. The lowest BCUT2D eigenvalue weighted by Crippen LogP contribution is -2.38. The second kappa shape index (κ2) is 11.0. The van der Waals surface area contributed by atoms with Crippen molar-refractivity contribution in [2.75, 3.05) is 13.6 Å². The molecule has 0 unspecified atom stereocenters. The molecule has 0 amide bonds. The predicted molar refractivity (Wildman–Crippen MR) is 108 cm³/mol. The van der Waals surface area contributed by atoms with Crippen LogP contribution in [-0.4, -0.2) is 40.8 Å². The minimum Gasteiger partial charge on any atom is -0.434 e. The Balaban J connectivity index is 0.00000364. The number of ether oxygens (including phenoxy) is 1. The molecule has 1 aromatic heterocycles. The lowest BCUT2D eigenvalue weighted by atomic mass is 10.2. The quantitative estimate of drug-likeness (QED) is 0.362. The van der Waals surface area contributed by atoms with E-state index in [2.05, 4.69) is 20.1 Å². The summed E-state index contributed by atoms with van der Waals surface area (Å²) in [6.45, 7) is -0.109. The summed E-state index contributed by atoms with van der Waals surface area (Å²) >= 11 is 0. The fourth-order valence-electron chi connectivity index (χ4n) is 2.42. The molecule has 0 radical (unpaired) electrons. The average Bonchev–Trinajstić information content (AvgIpc) is 2.97. The fourth-order valence-corrected chi connectivity index (χ4v) is 2.42. The average molecular weight is 497 g/mol. The van der Waals surface area contributed by atoms with Gasteiger partial charge in [0.15, 0.2) is 5.96 Å². The minimum absolute atomic E-state index is 0. The molecule has 0 fully saturated rings. The van der Waals surface area contributed by atoms with E-state index in [1.807, 2.05) is 32.1 Å². The number of alkyl halides is 2. The van der Waals surface area contributed by atoms with Crippen LogP contribution in [0.4, 0.5) is 13.2 Å². The highest BCUT2D eigenvalue weighted by Crippen LogP contribution is 2.24. The van der Waals surface area contributed by atoms with Crippen molar-refractivity contribution in [2.45, 2.75) is 26.6 Å². The largest absolute Gasteiger partial charge is 0.434 e. The summed E-state index contributed by atoms with van der Waals surface area (Å²) in [5.41, 5.74) is 0.964. The van der Waals surface area contributed by atoms with E-state index in [-0.39, 0.29) is 41.8 Å². The Kier molecular flexibility index (Phi) is 9.39. The molecule has 27 heavy (non-hydrogen) atoms. The number of halogens is 4. The van der Waals surface area contributed by atoms with Crippen LogP contribution in [0.25, 0.3) is 0 Å². The maximum absolute atomic E-state index is 14.0. The van der Waals surface area contributed by atoms with Gasteiger partial charge in [0, 0.05) is 38.9 Å². The SMILES string of the molecule is CCNC(=NCc1c(F)cccc1OC(F)F)N(C)Cc1cnn(C)c1.I. The molecule has 0 aliphatic carbocycles. The fraction of sp³-hybridized carbons (Fsp3) is 0.412. The van der Waals surface area contributed by atoms with Crippen LogP contribution in [0.15, 0.2) is 35.6 Å². The van der Waals surface area contributed by atoms with Gasteiger partial charge in [-0.3, -0.25) is 4.68 Å².